The molecule has 0 spiro atoms. The molecular formula is C83H147NO18. The van der Waals surface area contributed by atoms with Crippen LogP contribution in [0.4, 0.5) is 0 Å². The molecule has 3 saturated heterocycles. The molecule has 592 valence electrons. The van der Waals surface area contributed by atoms with E-state index in [1.54, 1.807) is 0 Å². The van der Waals surface area contributed by atoms with Crippen LogP contribution in [-0.4, -0.2) is 193 Å². The Balaban J connectivity index is 1.29. The van der Waals surface area contributed by atoms with Crippen LogP contribution < -0.4 is 5.32 Å². The van der Waals surface area contributed by atoms with Crippen molar-refractivity contribution >= 4 is 5.91 Å². The van der Waals surface area contributed by atoms with Gasteiger partial charge in [0.05, 0.1) is 38.6 Å². The molecular weight excluding hydrogens is 1300 g/mol. The van der Waals surface area contributed by atoms with Crippen molar-refractivity contribution < 1.29 is 89.4 Å². The van der Waals surface area contributed by atoms with Crippen molar-refractivity contribution in [1.29, 1.82) is 0 Å². The highest BCUT2D eigenvalue weighted by Gasteiger charge is 2.54. The van der Waals surface area contributed by atoms with E-state index in [9.17, 15) is 61.0 Å². The summed E-state index contributed by atoms with van der Waals surface area (Å²) in [4.78, 5) is 13.5. The van der Waals surface area contributed by atoms with Crippen LogP contribution in [0.3, 0.4) is 0 Å². The smallest absolute Gasteiger partial charge is 0.220 e. The molecule has 0 radical (unpaired) electrons. The van der Waals surface area contributed by atoms with Gasteiger partial charge in [-0.15, -0.1) is 0 Å². The predicted octanol–water partition coefficient (Wildman–Crippen LogP) is 13.8. The number of hydrogen-bond donors (Lipinski definition) is 12. The third-order valence-electron chi connectivity index (χ3n) is 20.0. The van der Waals surface area contributed by atoms with Gasteiger partial charge in [0.15, 0.2) is 18.9 Å². The summed E-state index contributed by atoms with van der Waals surface area (Å²) in [5.41, 5.74) is 0. The molecule has 17 atom stereocenters. The number of rotatable bonds is 64. The molecule has 0 aromatic rings. The Kier molecular flexibility index (Phi) is 57.5. The molecule has 102 heavy (non-hydrogen) atoms. The standard InChI is InChI=1S/C83H147NO18/c1-3-5-7-9-11-13-15-17-19-21-22-23-24-25-26-27-28-29-30-31-32-33-34-35-36-37-38-39-40-41-42-43-44-45-47-49-51-53-55-57-59-61-71(89)84-66(67(88)60-58-56-54-52-50-48-46-20-18-16-14-12-10-8-6-4-2)65-97-81-77(95)74(92)79(69(63-86)99-81)102-83-78(96)75(93)80(70(64-87)100-83)101-82-76(94)73(91)72(90)68(62-85)98-82/h5,7,11,13,17,19,22-23,25-26,28-29,31-32,66-70,72-83,85-88,90-96H,3-4,6,8-10,12,14-16,18,20-21,24,27,30,33-65H2,1-2H3,(H,84,89)/b7-5-,13-11-,19-17-,23-22-,26-25-,29-28-,32-31-. The topological polar surface area (TPSA) is 307 Å². The van der Waals surface area contributed by atoms with E-state index in [0.717, 1.165) is 89.9 Å². The van der Waals surface area contributed by atoms with Crippen LogP contribution in [0.1, 0.15) is 303 Å². The molecule has 0 aromatic heterocycles. The number of ether oxygens (including phenoxy) is 6. The molecule has 0 aliphatic carbocycles. The summed E-state index contributed by atoms with van der Waals surface area (Å²) < 4.78 is 34.5. The number of hydrogen-bond acceptors (Lipinski definition) is 18. The molecule has 19 nitrogen and oxygen atoms in total. The quantitative estimate of drug-likeness (QED) is 0.0199. The van der Waals surface area contributed by atoms with Gasteiger partial charge in [-0.2, -0.15) is 0 Å². The number of carbonyl (C=O) groups is 1. The van der Waals surface area contributed by atoms with Gasteiger partial charge >= 0.3 is 0 Å². The Labute approximate surface area is 616 Å². The fraction of sp³-hybridized carbons (Fsp3) is 0.819. The number of aliphatic hydroxyl groups excluding tert-OH is 11. The number of aliphatic hydroxyl groups is 11. The molecule has 3 aliphatic heterocycles. The van der Waals surface area contributed by atoms with E-state index in [4.69, 9.17) is 28.4 Å². The molecule has 17 unspecified atom stereocenters. The number of nitrogens with one attached hydrogen (secondary N) is 1. The average Bonchev–Trinajstić information content (AvgIpc) is 0.755. The molecule has 19 heteroatoms. The molecule has 3 rings (SSSR count). The normalized spacial score (nSPS) is 26.6. The molecule has 3 heterocycles. The molecule has 12 N–H and O–H groups in total. The van der Waals surface area contributed by atoms with Crippen molar-refractivity contribution in [1.82, 2.24) is 5.32 Å². The van der Waals surface area contributed by atoms with Crippen LogP contribution in [0.25, 0.3) is 0 Å². The van der Waals surface area contributed by atoms with Crippen molar-refractivity contribution in [2.24, 2.45) is 0 Å². The largest absolute Gasteiger partial charge is 0.394 e. The summed E-state index contributed by atoms with van der Waals surface area (Å²) in [6.07, 6.45) is 56.8. The zero-order valence-electron chi connectivity index (χ0n) is 63.3. The first kappa shape index (κ1) is 93.2. The first-order chi connectivity index (χ1) is 49.8. The maximum Gasteiger partial charge on any atom is 0.220 e. The van der Waals surface area contributed by atoms with Gasteiger partial charge in [-0.25, -0.2) is 0 Å². The van der Waals surface area contributed by atoms with Crippen LogP contribution in [0.5, 0.6) is 0 Å². The van der Waals surface area contributed by atoms with Crippen molar-refractivity contribution in [2.75, 3.05) is 26.4 Å². The second-order valence-corrected chi connectivity index (χ2v) is 28.9. The van der Waals surface area contributed by atoms with Crippen molar-refractivity contribution in [3.8, 4) is 0 Å². The number of allylic oxidation sites excluding steroid dienone is 14. The van der Waals surface area contributed by atoms with E-state index in [1.165, 1.54) is 180 Å². The van der Waals surface area contributed by atoms with Crippen LogP contribution in [-0.2, 0) is 33.2 Å². The van der Waals surface area contributed by atoms with Crippen molar-refractivity contribution in [3.63, 3.8) is 0 Å². The Hall–Kier alpha value is -3.03. The lowest BCUT2D eigenvalue weighted by Gasteiger charge is -2.48. The van der Waals surface area contributed by atoms with Crippen molar-refractivity contribution in [2.45, 2.75) is 407 Å². The van der Waals surface area contributed by atoms with Gasteiger partial charge in [0.1, 0.15) is 73.2 Å². The Morgan fingerprint density at radius 3 is 1.06 bits per heavy atom. The third kappa shape index (κ3) is 42.5. The zero-order valence-corrected chi connectivity index (χ0v) is 63.3. The van der Waals surface area contributed by atoms with E-state index in [-0.39, 0.29) is 18.9 Å². The van der Waals surface area contributed by atoms with E-state index in [2.05, 4.69) is 104 Å². The lowest BCUT2D eigenvalue weighted by atomic mass is 9.96. The predicted molar refractivity (Wildman–Crippen MR) is 406 cm³/mol. The summed E-state index contributed by atoms with van der Waals surface area (Å²) in [5, 5.41) is 121. The van der Waals surface area contributed by atoms with E-state index >= 15 is 0 Å². The van der Waals surface area contributed by atoms with Gasteiger partial charge < -0.3 is 89.9 Å². The van der Waals surface area contributed by atoms with Gasteiger partial charge in [-0.05, 0) is 70.6 Å². The summed E-state index contributed by atoms with van der Waals surface area (Å²) in [7, 11) is 0. The number of unbranched alkanes of at least 4 members (excludes halogenated alkanes) is 34. The van der Waals surface area contributed by atoms with Crippen LogP contribution in [0.2, 0.25) is 0 Å². The van der Waals surface area contributed by atoms with E-state index < -0.39 is 124 Å². The number of carbonyl (C=O) groups excluding carboxylic acids is 1. The van der Waals surface area contributed by atoms with Gasteiger partial charge in [0.2, 0.25) is 5.91 Å². The second kappa shape index (κ2) is 63.0. The minimum Gasteiger partial charge on any atom is -0.394 e. The van der Waals surface area contributed by atoms with Gasteiger partial charge in [0, 0.05) is 6.42 Å². The molecule has 0 aromatic carbocycles. The lowest BCUT2D eigenvalue weighted by molar-refractivity contribution is -0.379. The SMILES string of the molecule is CC/C=C\C/C=C\C/C=C\C/C=C\C/C=C\C/C=C\C/C=C\CCCCCCCCCCCCCCCCCCCCCC(=O)NC(COC1OC(CO)C(OC2OC(CO)C(OC3OC(CO)C(O)C(O)C3O)C(O)C2O)C(O)C1O)C(O)CCCCCCCCCCCCCCCCCC. The monoisotopic (exact) mass is 1450 g/mol. The first-order valence-corrected chi connectivity index (χ1v) is 40.8. The fourth-order valence-corrected chi connectivity index (χ4v) is 13.5. The third-order valence-corrected chi connectivity index (χ3v) is 20.0. The summed E-state index contributed by atoms with van der Waals surface area (Å²) >= 11 is 0. The summed E-state index contributed by atoms with van der Waals surface area (Å²) in [6.45, 7) is 1.71. The molecule has 1 amide bonds. The van der Waals surface area contributed by atoms with Gasteiger partial charge in [-0.3, -0.25) is 4.79 Å². The maximum atomic E-state index is 13.5. The molecule has 0 saturated carbocycles. The van der Waals surface area contributed by atoms with E-state index in [0.29, 0.717) is 12.8 Å². The number of amides is 1. The Morgan fingerprint density at radius 1 is 0.363 bits per heavy atom. The van der Waals surface area contributed by atoms with Gasteiger partial charge in [-0.1, -0.05) is 311 Å². The Morgan fingerprint density at radius 2 is 0.676 bits per heavy atom. The van der Waals surface area contributed by atoms with E-state index in [1.807, 2.05) is 0 Å². The minimum absolute atomic E-state index is 0.240. The summed E-state index contributed by atoms with van der Waals surface area (Å²) in [6, 6.07) is -0.889. The van der Waals surface area contributed by atoms with Crippen LogP contribution in [0.15, 0.2) is 85.1 Å². The molecule has 3 aliphatic rings. The second-order valence-electron chi connectivity index (χ2n) is 28.9. The molecule has 3 fully saturated rings. The molecule has 0 bridgehead atoms. The maximum absolute atomic E-state index is 13.5. The van der Waals surface area contributed by atoms with Gasteiger partial charge in [0.25, 0.3) is 0 Å². The highest BCUT2D eigenvalue weighted by atomic mass is 16.8. The average molecular weight is 1450 g/mol. The first-order valence-electron chi connectivity index (χ1n) is 40.8. The minimum atomic E-state index is -1.97. The van der Waals surface area contributed by atoms with Crippen LogP contribution in [0, 0.1) is 0 Å². The Bertz CT molecular complexity index is 2170. The van der Waals surface area contributed by atoms with Crippen LogP contribution >= 0.6 is 0 Å². The lowest BCUT2D eigenvalue weighted by Crippen LogP contribution is -2.66. The van der Waals surface area contributed by atoms with Crippen molar-refractivity contribution in [3.05, 3.63) is 85.1 Å². The zero-order chi connectivity index (χ0) is 73.9. The summed E-state index contributed by atoms with van der Waals surface area (Å²) in [5.74, 6) is -0.240. The fourth-order valence-electron chi connectivity index (χ4n) is 13.5. The highest BCUT2D eigenvalue weighted by molar-refractivity contribution is 5.76. The highest BCUT2D eigenvalue weighted by Crippen LogP contribution is 2.33.